The average Bonchev–Trinajstić information content (AvgIpc) is 3.07. The largest absolute Gasteiger partial charge is 0.467 e. The first-order valence-corrected chi connectivity index (χ1v) is 10.3. The highest BCUT2D eigenvalue weighted by molar-refractivity contribution is 6.31. The monoisotopic (exact) mass is 434 g/mol. The van der Waals surface area contributed by atoms with Crippen LogP contribution in [0.15, 0.2) is 48.5 Å². The van der Waals surface area contributed by atoms with Crippen LogP contribution in [-0.2, 0) is 4.79 Å². The number of nitrogens with one attached hydrogen (secondary N) is 1. The van der Waals surface area contributed by atoms with Gasteiger partial charge in [-0.1, -0.05) is 35.4 Å². The summed E-state index contributed by atoms with van der Waals surface area (Å²) in [6, 6.07) is 15.1. The van der Waals surface area contributed by atoms with Crippen molar-refractivity contribution in [3.63, 3.8) is 0 Å². The molecule has 1 amide bonds. The van der Waals surface area contributed by atoms with E-state index in [9.17, 15) is 4.79 Å². The lowest BCUT2D eigenvalue weighted by atomic mass is 10.1. The molecule has 0 spiro atoms. The van der Waals surface area contributed by atoms with Crippen LogP contribution in [0.3, 0.4) is 0 Å². The van der Waals surface area contributed by atoms with Gasteiger partial charge < -0.3 is 10.1 Å². The molecule has 2 aromatic carbocycles. The summed E-state index contributed by atoms with van der Waals surface area (Å²) in [6.07, 6.45) is 0. The van der Waals surface area contributed by atoms with Crippen molar-refractivity contribution in [2.24, 2.45) is 0 Å². The van der Waals surface area contributed by atoms with Gasteiger partial charge >= 0.3 is 0 Å². The molecule has 0 atom stereocenters. The van der Waals surface area contributed by atoms with E-state index < -0.39 is 0 Å². The van der Waals surface area contributed by atoms with Crippen molar-refractivity contribution >= 4 is 34.2 Å². The van der Waals surface area contributed by atoms with Gasteiger partial charge in [-0.2, -0.15) is 10.1 Å². The lowest BCUT2D eigenvalue weighted by Gasteiger charge is -2.11. The zero-order valence-electron chi connectivity index (χ0n) is 17.9. The van der Waals surface area contributed by atoms with Crippen LogP contribution in [0, 0.1) is 27.7 Å². The number of ether oxygens (including phenoxy) is 1. The van der Waals surface area contributed by atoms with Crippen LogP contribution in [-0.4, -0.2) is 27.3 Å². The Morgan fingerprint density at radius 2 is 1.84 bits per heavy atom. The zero-order chi connectivity index (χ0) is 22.1. The molecular weight excluding hydrogens is 412 g/mol. The molecule has 1 N–H and O–H groups in total. The fourth-order valence-electron chi connectivity index (χ4n) is 3.51. The molecule has 0 radical (unpaired) electrons. The number of amides is 1. The molecule has 7 heteroatoms. The minimum atomic E-state index is -0.251. The topological polar surface area (TPSA) is 69.0 Å². The minimum Gasteiger partial charge on any atom is -0.467 e. The van der Waals surface area contributed by atoms with Crippen molar-refractivity contribution in [3.8, 4) is 11.6 Å². The quantitative estimate of drug-likeness (QED) is 0.461. The van der Waals surface area contributed by atoms with Gasteiger partial charge in [-0.15, -0.1) is 0 Å². The number of hydrogen-bond acceptors (Lipinski definition) is 4. The van der Waals surface area contributed by atoms with Gasteiger partial charge in [0.25, 0.3) is 5.91 Å². The fraction of sp³-hybridized carbons (Fsp3) is 0.208. The zero-order valence-corrected chi connectivity index (χ0v) is 18.6. The van der Waals surface area contributed by atoms with Gasteiger partial charge in [0.1, 0.15) is 0 Å². The van der Waals surface area contributed by atoms with Crippen molar-refractivity contribution in [1.29, 1.82) is 0 Å². The molecular formula is C24H23ClN4O2. The van der Waals surface area contributed by atoms with Crippen LogP contribution >= 0.6 is 11.6 Å². The number of carbonyl (C=O) groups excluding carboxylic acids is 1. The Morgan fingerprint density at radius 3 is 2.58 bits per heavy atom. The summed E-state index contributed by atoms with van der Waals surface area (Å²) in [5.41, 5.74) is 6.12. The number of aryl methyl sites for hydroxylation is 3. The number of pyridine rings is 1. The summed E-state index contributed by atoms with van der Waals surface area (Å²) < 4.78 is 7.49. The van der Waals surface area contributed by atoms with Crippen molar-refractivity contribution in [3.05, 3.63) is 75.9 Å². The van der Waals surface area contributed by atoms with Crippen molar-refractivity contribution in [2.45, 2.75) is 27.7 Å². The normalized spacial score (nSPS) is 11.0. The third-order valence-electron chi connectivity index (χ3n) is 5.14. The molecule has 0 saturated carbocycles. The predicted molar refractivity (Wildman–Crippen MR) is 123 cm³/mol. The van der Waals surface area contributed by atoms with E-state index in [4.69, 9.17) is 16.3 Å². The summed E-state index contributed by atoms with van der Waals surface area (Å²) in [6.45, 7) is 7.73. The van der Waals surface area contributed by atoms with E-state index in [1.807, 2.05) is 76.2 Å². The van der Waals surface area contributed by atoms with Gasteiger partial charge in [0.2, 0.25) is 5.88 Å². The first kappa shape index (κ1) is 20.9. The molecule has 0 bridgehead atoms. The van der Waals surface area contributed by atoms with Gasteiger partial charge in [-0.05, 0) is 63.1 Å². The number of benzene rings is 2. The molecule has 0 aliphatic carbocycles. The molecule has 2 heterocycles. The fourth-order valence-corrected chi connectivity index (χ4v) is 3.68. The van der Waals surface area contributed by atoms with Crippen LogP contribution in [0.25, 0.3) is 16.7 Å². The van der Waals surface area contributed by atoms with E-state index in [1.165, 1.54) is 0 Å². The molecule has 0 saturated heterocycles. The van der Waals surface area contributed by atoms with Crippen LogP contribution < -0.4 is 10.1 Å². The van der Waals surface area contributed by atoms with Crippen molar-refractivity contribution in [1.82, 2.24) is 14.8 Å². The third-order valence-corrected chi connectivity index (χ3v) is 5.55. The highest BCUT2D eigenvalue weighted by Gasteiger charge is 2.17. The number of aromatic nitrogens is 3. The highest BCUT2D eigenvalue weighted by atomic mass is 35.5. The number of rotatable bonds is 5. The Hall–Kier alpha value is -3.38. The summed E-state index contributed by atoms with van der Waals surface area (Å²) in [5.74, 6) is 0.115. The van der Waals surface area contributed by atoms with Gasteiger partial charge in [0.05, 0.1) is 11.4 Å². The smallest absolute Gasteiger partial charge is 0.262 e. The summed E-state index contributed by atoms with van der Waals surface area (Å²) in [4.78, 5) is 16.9. The van der Waals surface area contributed by atoms with E-state index in [1.54, 1.807) is 4.68 Å². The molecule has 0 aliphatic heterocycles. The number of hydrogen-bond donors (Lipinski definition) is 1. The molecule has 4 rings (SSSR count). The van der Waals surface area contributed by atoms with E-state index in [2.05, 4.69) is 15.4 Å². The molecule has 31 heavy (non-hydrogen) atoms. The lowest BCUT2D eigenvalue weighted by molar-refractivity contribution is -0.118. The highest BCUT2D eigenvalue weighted by Crippen LogP contribution is 2.29. The van der Waals surface area contributed by atoms with E-state index >= 15 is 0 Å². The SMILES string of the molecule is Cc1ccc(NC(=O)COc2cc(C)c3c(C)nn(-c4cccc(Cl)c4C)c3n2)cc1. The molecule has 4 aromatic rings. The molecule has 0 unspecified atom stereocenters. The molecule has 0 aliphatic rings. The maximum Gasteiger partial charge on any atom is 0.262 e. The van der Waals surface area contributed by atoms with E-state index in [0.717, 1.165) is 39.1 Å². The molecule has 158 valence electrons. The lowest BCUT2D eigenvalue weighted by Crippen LogP contribution is -2.20. The Morgan fingerprint density at radius 1 is 1.10 bits per heavy atom. The minimum absolute atomic E-state index is 0.144. The Bertz CT molecular complexity index is 1280. The maximum atomic E-state index is 12.3. The summed E-state index contributed by atoms with van der Waals surface area (Å²) in [5, 5.41) is 9.12. The van der Waals surface area contributed by atoms with Gasteiger partial charge in [0.15, 0.2) is 12.3 Å². The number of fused-ring (bicyclic) bond motifs is 1. The standard InChI is InChI=1S/C24H23ClN4O2/c1-14-8-10-18(11-9-14)26-21(30)13-31-22-12-15(2)23-17(4)28-29(24(23)27-22)20-7-5-6-19(25)16(20)3/h5-12H,13H2,1-4H3,(H,26,30). The second kappa shape index (κ2) is 8.40. The molecule has 2 aromatic heterocycles. The number of anilines is 1. The van der Waals surface area contributed by atoms with Crippen LogP contribution in [0.4, 0.5) is 5.69 Å². The Balaban J connectivity index is 1.61. The van der Waals surface area contributed by atoms with Gasteiger partial charge in [0, 0.05) is 22.2 Å². The van der Waals surface area contributed by atoms with Crippen molar-refractivity contribution < 1.29 is 9.53 Å². The third kappa shape index (κ3) is 4.25. The van der Waals surface area contributed by atoms with E-state index in [0.29, 0.717) is 16.5 Å². The Labute approximate surface area is 185 Å². The Kier molecular flexibility index (Phi) is 5.65. The van der Waals surface area contributed by atoms with Gasteiger partial charge in [-0.25, -0.2) is 4.68 Å². The van der Waals surface area contributed by atoms with Crippen molar-refractivity contribution in [2.75, 3.05) is 11.9 Å². The number of nitrogens with zero attached hydrogens (tertiary/aromatic N) is 3. The molecule has 6 nitrogen and oxygen atoms in total. The first-order chi connectivity index (χ1) is 14.8. The first-order valence-electron chi connectivity index (χ1n) is 9.95. The predicted octanol–water partition coefficient (Wildman–Crippen LogP) is 5.33. The van der Waals surface area contributed by atoms with Crippen LogP contribution in [0.1, 0.15) is 22.4 Å². The van der Waals surface area contributed by atoms with Gasteiger partial charge in [-0.3, -0.25) is 4.79 Å². The second-order valence-corrected chi connectivity index (χ2v) is 7.97. The average molecular weight is 435 g/mol. The number of halogens is 1. The maximum absolute atomic E-state index is 12.3. The summed E-state index contributed by atoms with van der Waals surface area (Å²) >= 11 is 6.31. The van der Waals surface area contributed by atoms with E-state index in [-0.39, 0.29) is 12.5 Å². The molecule has 0 fully saturated rings. The summed E-state index contributed by atoms with van der Waals surface area (Å²) in [7, 11) is 0. The van der Waals surface area contributed by atoms with Crippen LogP contribution in [0.2, 0.25) is 5.02 Å². The number of carbonyl (C=O) groups is 1. The van der Waals surface area contributed by atoms with Crippen LogP contribution in [0.5, 0.6) is 5.88 Å². The second-order valence-electron chi connectivity index (χ2n) is 7.56.